The van der Waals surface area contributed by atoms with Crippen LogP contribution in [0.2, 0.25) is 0 Å². The van der Waals surface area contributed by atoms with E-state index in [9.17, 15) is 9.59 Å². The van der Waals surface area contributed by atoms with Crippen LogP contribution in [0.5, 0.6) is 0 Å². The van der Waals surface area contributed by atoms with Crippen molar-refractivity contribution in [3.8, 4) is 11.1 Å². The lowest BCUT2D eigenvalue weighted by atomic mass is 9.78. The zero-order valence-electron chi connectivity index (χ0n) is 20.8. The molecule has 3 aromatic rings. The second-order valence-electron chi connectivity index (χ2n) is 10.7. The molecule has 7 rings (SSSR count). The quantitative estimate of drug-likeness (QED) is 0.511. The molecule has 4 aliphatic rings. The second-order valence-corrected chi connectivity index (χ2v) is 10.7. The van der Waals surface area contributed by atoms with Crippen LogP contribution in [-0.4, -0.2) is 46.2 Å². The molecule has 9 heteroatoms. The first-order chi connectivity index (χ1) is 18.1. The fraction of sp³-hybridized carbons (Fsp3) is 0.429. The zero-order chi connectivity index (χ0) is 25.0. The van der Waals surface area contributed by atoms with Crippen molar-refractivity contribution in [3.05, 3.63) is 53.5 Å². The number of pyridine rings is 1. The van der Waals surface area contributed by atoms with Crippen LogP contribution in [0, 0.1) is 5.41 Å². The summed E-state index contributed by atoms with van der Waals surface area (Å²) in [5.41, 5.74) is 6.70. The first kappa shape index (κ1) is 22.3. The molecule has 1 atom stereocenters. The molecule has 3 N–H and O–H groups in total. The van der Waals surface area contributed by atoms with Gasteiger partial charge in [-0.3, -0.25) is 14.3 Å². The van der Waals surface area contributed by atoms with E-state index in [1.165, 1.54) is 12.1 Å². The minimum Gasteiger partial charge on any atom is -0.369 e. The van der Waals surface area contributed by atoms with Gasteiger partial charge in [-0.05, 0) is 67.9 Å². The van der Waals surface area contributed by atoms with E-state index in [1.807, 2.05) is 24.5 Å². The van der Waals surface area contributed by atoms with E-state index < -0.39 is 0 Å². The summed E-state index contributed by atoms with van der Waals surface area (Å²) >= 11 is 0. The van der Waals surface area contributed by atoms with E-state index in [-0.39, 0.29) is 17.2 Å². The van der Waals surface area contributed by atoms with Crippen LogP contribution in [-0.2, 0) is 24.3 Å². The largest absolute Gasteiger partial charge is 0.369 e. The topological polar surface area (TPSA) is 104 Å². The fourth-order valence-electron chi connectivity index (χ4n) is 6.59. The highest BCUT2D eigenvalue weighted by atomic mass is 16.2. The van der Waals surface area contributed by atoms with Crippen molar-refractivity contribution >= 4 is 29.0 Å². The van der Waals surface area contributed by atoms with Gasteiger partial charge in [-0.2, -0.15) is 5.10 Å². The van der Waals surface area contributed by atoms with E-state index in [0.29, 0.717) is 17.9 Å². The van der Waals surface area contributed by atoms with Crippen LogP contribution in [0.15, 0.2) is 36.7 Å². The highest BCUT2D eigenvalue weighted by molar-refractivity contribution is 6.06. The van der Waals surface area contributed by atoms with Gasteiger partial charge in [0.05, 0.1) is 34.7 Å². The third-order valence-electron chi connectivity index (χ3n) is 8.56. The number of hydrogen-bond acceptors (Lipinski definition) is 6. The first-order valence-corrected chi connectivity index (χ1v) is 13.4. The highest BCUT2D eigenvalue weighted by Gasteiger charge is 2.45. The average molecular weight is 498 g/mol. The van der Waals surface area contributed by atoms with Gasteiger partial charge in [0.1, 0.15) is 5.82 Å². The molecule has 6 heterocycles. The Hall–Kier alpha value is -3.88. The predicted molar refractivity (Wildman–Crippen MR) is 141 cm³/mol. The van der Waals surface area contributed by atoms with Crippen LogP contribution in [0.3, 0.4) is 0 Å². The third-order valence-corrected chi connectivity index (χ3v) is 8.56. The van der Waals surface area contributed by atoms with Crippen molar-refractivity contribution < 1.29 is 9.59 Å². The molecule has 0 radical (unpaired) electrons. The lowest BCUT2D eigenvalue weighted by Gasteiger charge is -2.39. The van der Waals surface area contributed by atoms with Crippen LogP contribution >= 0.6 is 0 Å². The number of carbonyl (C=O) groups is 2. The van der Waals surface area contributed by atoms with Crippen molar-refractivity contribution in [1.29, 1.82) is 0 Å². The summed E-state index contributed by atoms with van der Waals surface area (Å²) in [6.45, 7) is 3.91. The van der Waals surface area contributed by atoms with Crippen LogP contribution in [0.25, 0.3) is 11.1 Å². The number of aromatic nitrogens is 3. The number of fused-ring (bicyclic) bond motifs is 2. The summed E-state index contributed by atoms with van der Waals surface area (Å²) < 4.78 is 2.11. The van der Waals surface area contributed by atoms with Crippen molar-refractivity contribution in [2.45, 2.75) is 51.6 Å². The number of piperidine rings is 1. The summed E-state index contributed by atoms with van der Waals surface area (Å²) in [7, 11) is 0. The molecule has 9 nitrogen and oxygen atoms in total. The van der Waals surface area contributed by atoms with Gasteiger partial charge in [-0.25, -0.2) is 4.98 Å². The normalized spacial score (nSPS) is 22.5. The molecule has 1 spiro atoms. The Labute approximate surface area is 215 Å². The molecule has 2 aromatic heterocycles. The van der Waals surface area contributed by atoms with Crippen molar-refractivity contribution in [1.82, 2.24) is 25.4 Å². The molecule has 0 aliphatic carbocycles. The van der Waals surface area contributed by atoms with Gasteiger partial charge in [-0.15, -0.1) is 0 Å². The number of benzene rings is 1. The van der Waals surface area contributed by atoms with Gasteiger partial charge in [0.2, 0.25) is 5.91 Å². The smallest absolute Gasteiger partial charge is 0.254 e. The Bertz CT molecular complexity index is 1400. The van der Waals surface area contributed by atoms with Gasteiger partial charge >= 0.3 is 0 Å². The summed E-state index contributed by atoms with van der Waals surface area (Å²) in [4.78, 5) is 32.3. The number of carbonyl (C=O) groups excluding carboxylic acids is 2. The number of hydrogen-bond donors (Lipinski definition) is 3. The predicted octanol–water partition coefficient (Wildman–Crippen LogP) is 3.37. The number of nitrogens with zero attached hydrogens (tertiary/aromatic N) is 4. The molecule has 0 unspecified atom stereocenters. The molecule has 37 heavy (non-hydrogen) atoms. The second kappa shape index (κ2) is 8.61. The minimum atomic E-state index is -0.264. The molecule has 2 saturated heterocycles. The average Bonchev–Trinajstić information content (AvgIpc) is 3.63. The first-order valence-electron chi connectivity index (χ1n) is 13.4. The Balaban J connectivity index is 1.14. The molecule has 2 fully saturated rings. The molecule has 190 valence electrons. The minimum absolute atomic E-state index is 0.0644. The summed E-state index contributed by atoms with van der Waals surface area (Å²) in [6, 6.07) is 8.08. The van der Waals surface area contributed by atoms with Gasteiger partial charge in [-0.1, -0.05) is 6.07 Å². The van der Waals surface area contributed by atoms with Crippen molar-refractivity contribution in [3.63, 3.8) is 0 Å². The summed E-state index contributed by atoms with van der Waals surface area (Å²) in [5.74, 6) is 0.813. The van der Waals surface area contributed by atoms with Crippen LogP contribution in [0.4, 0.5) is 17.2 Å². The SMILES string of the molecule is O=C1NCc2c(-c3cnn4c3CCCC4)ccc(Nc3ccc(N4CCC[C@]5(CCNC5=O)C4)cn3)c21. The molecular weight excluding hydrogens is 466 g/mol. The lowest BCUT2D eigenvalue weighted by Crippen LogP contribution is -2.47. The summed E-state index contributed by atoms with van der Waals surface area (Å²) in [6.07, 6.45) is 10.0. The van der Waals surface area contributed by atoms with Crippen LogP contribution in [0.1, 0.15) is 53.7 Å². The molecule has 1 aromatic carbocycles. The van der Waals surface area contributed by atoms with E-state index in [0.717, 1.165) is 86.3 Å². The standard InChI is InChI=1S/C28H31N7O2/c36-26-25-21(15-31-26)19(20-16-32-35-13-2-1-4-23(20)35)6-7-22(25)33-24-8-5-18(14-30-24)34-12-3-9-28(17-34)10-11-29-27(28)37/h5-8,14,16H,1-4,9-13,15,17H2,(H,29,37)(H,30,33)(H,31,36)/t28-/m0/s1. The van der Waals surface area contributed by atoms with E-state index in [4.69, 9.17) is 0 Å². The maximum atomic E-state index is 12.9. The number of anilines is 3. The number of nitrogens with one attached hydrogen (secondary N) is 3. The van der Waals surface area contributed by atoms with Crippen molar-refractivity contribution in [2.24, 2.45) is 5.41 Å². The Morgan fingerprint density at radius 3 is 2.73 bits per heavy atom. The van der Waals surface area contributed by atoms with E-state index in [2.05, 4.69) is 47.7 Å². The van der Waals surface area contributed by atoms with Gasteiger partial charge in [0.15, 0.2) is 0 Å². The number of aryl methyl sites for hydroxylation is 1. The summed E-state index contributed by atoms with van der Waals surface area (Å²) in [5, 5.41) is 14.0. The molecule has 0 saturated carbocycles. The third kappa shape index (κ3) is 3.67. The van der Waals surface area contributed by atoms with E-state index in [1.54, 1.807) is 0 Å². The van der Waals surface area contributed by atoms with Crippen LogP contribution < -0.4 is 20.9 Å². The number of amides is 2. The zero-order valence-corrected chi connectivity index (χ0v) is 20.8. The molecule has 2 amide bonds. The highest BCUT2D eigenvalue weighted by Crippen LogP contribution is 2.39. The Morgan fingerprint density at radius 1 is 0.946 bits per heavy atom. The molecule has 0 bridgehead atoms. The Kier molecular flexibility index (Phi) is 5.19. The van der Waals surface area contributed by atoms with Crippen molar-refractivity contribution in [2.75, 3.05) is 29.9 Å². The van der Waals surface area contributed by atoms with Gasteiger partial charge < -0.3 is 20.9 Å². The lowest BCUT2D eigenvalue weighted by molar-refractivity contribution is -0.128. The fourth-order valence-corrected chi connectivity index (χ4v) is 6.59. The maximum Gasteiger partial charge on any atom is 0.254 e. The number of rotatable bonds is 4. The molecular formula is C28H31N7O2. The maximum absolute atomic E-state index is 12.9. The van der Waals surface area contributed by atoms with E-state index >= 15 is 0 Å². The molecule has 4 aliphatic heterocycles. The monoisotopic (exact) mass is 497 g/mol. The van der Waals surface area contributed by atoms with Gasteiger partial charge in [0.25, 0.3) is 5.91 Å². The van der Waals surface area contributed by atoms with Gasteiger partial charge in [0, 0.05) is 44.0 Å². The Morgan fingerprint density at radius 2 is 1.89 bits per heavy atom.